The number of hydrogen-bond donors (Lipinski definition) is 1. The molecule has 0 unspecified atom stereocenters. The summed E-state index contributed by atoms with van der Waals surface area (Å²) in [7, 11) is 0. The van der Waals surface area contributed by atoms with Gasteiger partial charge in [-0.3, -0.25) is 4.79 Å². The van der Waals surface area contributed by atoms with Crippen LogP contribution in [0.3, 0.4) is 0 Å². The number of anilines is 1. The molecule has 1 aromatic carbocycles. The van der Waals surface area contributed by atoms with Crippen molar-refractivity contribution < 1.29 is 4.79 Å². The maximum Gasteiger partial charge on any atom is 0.276 e. The van der Waals surface area contributed by atoms with E-state index in [9.17, 15) is 4.79 Å². The zero-order valence-electron chi connectivity index (χ0n) is 7.59. The minimum absolute atomic E-state index is 0.0273. The van der Waals surface area contributed by atoms with E-state index in [1.807, 2.05) is 18.2 Å². The third-order valence-corrected chi connectivity index (χ3v) is 2.07. The highest BCUT2D eigenvalue weighted by Gasteiger charge is 2.15. The molecule has 0 aliphatic rings. The highest BCUT2D eigenvalue weighted by Crippen LogP contribution is 2.15. The number of nitrogen functional groups attached to an aromatic ring is 1. The second-order valence-corrected chi connectivity index (χ2v) is 3.19. The number of benzene rings is 1. The first kappa shape index (κ1) is 9.67. The molecule has 2 rings (SSSR count). The molecular weight excluding hydrogens is 216 g/mol. The van der Waals surface area contributed by atoms with Crippen molar-refractivity contribution in [2.24, 2.45) is 0 Å². The van der Waals surface area contributed by atoms with Gasteiger partial charge in [0.2, 0.25) is 0 Å². The lowest BCUT2D eigenvalue weighted by Gasteiger charge is -2.01. The summed E-state index contributed by atoms with van der Waals surface area (Å²) in [6.07, 6.45) is 0. The van der Waals surface area contributed by atoms with E-state index in [0.717, 1.165) is 5.69 Å². The standard InChI is InChI=1S/C9H7ClN4O/c10-8(15)7-9(11)14(13-12-7)6-4-2-1-3-5-6/h1-5H,11H2. The molecule has 0 aliphatic carbocycles. The van der Waals surface area contributed by atoms with Crippen molar-refractivity contribution in [3.63, 3.8) is 0 Å². The number of aromatic nitrogens is 3. The minimum Gasteiger partial charge on any atom is -0.382 e. The van der Waals surface area contributed by atoms with Crippen molar-refractivity contribution in [2.75, 3.05) is 5.73 Å². The molecule has 15 heavy (non-hydrogen) atoms. The maximum absolute atomic E-state index is 10.9. The highest BCUT2D eigenvalue weighted by molar-refractivity contribution is 6.67. The Balaban J connectivity index is 2.52. The largest absolute Gasteiger partial charge is 0.382 e. The van der Waals surface area contributed by atoms with E-state index in [1.54, 1.807) is 12.1 Å². The van der Waals surface area contributed by atoms with Crippen molar-refractivity contribution in [3.8, 4) is 5.69 Å². The number of carbonyl (C=O) groups is 1. The van der Waals surface area contributed by atoms with Crippen molar-refractivity contribution in [1.29, 1.82) is 0 Å². The van der Waals surface area contributed by atoms with Crippen LogP contribution >= 0.6 is 11.6 Å². The normalized spacial score (nSPS) is 10.2. The van der Waals surface area contributed by atoms with E-state index in [1.165, 1.54) is 4.68 Å². The molecule has 6 heteroatoms. The Kier molecular flexibility index (Phi) is 2.39. The van der Waals surface area contributed by atoms with Crippen LogP contribution in [0.1, 0.15) is 10.5 Å². The Morgan fingerprint density at radius 3 is 2.53 bits per heavy atom. The van der Waals surface area contributed by atoms with Crippen molar-refractivity contribution >= 4 is 22.7 Å². The fraction of sp³-hybridized carbons (Fsp3) is 0. The number of hydrogen-bond acceptors (Lipinski definition) is 4. The van der Waals surface area contributed by atoms with E-state index in [4.69, 9.17) is 17.3 Å². The van der Waals surface area contributed by atoms with Crippen LogP contribution in [0.15, 0.2) is 30.3 Å². The van der Waals surface area contributed by atoms with Gasteiger partial charge in [0.25, 0.3) is 5.24 Å². The zero-order chi connectivity index (χ0) is 10.8. The molecule has 0 spiro atoms. The number of nitrogens with zero attached hydrogens (tertiary/aromatic N) is 3. The van der Waals surface area contributed by atoms with Gasteiger partial charge in [-0.1, -0.05) is 23.4 Å². The van der Waals surface area contributed by atoms with E-state index in [2.05, 4.69) is 10.3 Å². The third kappa shape index (κ3) is 1.69. The van der Waals surface area contributed by atoms with Crippen LogP contribution in [-0.2, 0) is 0 Å². The van der Waals surface area contributed by atoms with E-state index in [0.29, 0.717) is 0 Å². The van der Waals surface area contributed by atoms with Gasteiger partial charge in [-0.2, -0.15) is 4.68 Å². The van der Waals surface area contributed by atoms with Crippen LogP contribution in [0, 0.1) is 0 Å². The lowest BCUT2D eigenvalue weighted by molar-refractivity contribution is 0.107. The number of para-hydroxylation sites is 1. The van der Waals surface area contributed by atoms with Gasteiger partial charge in [0.1, 0.15) is 0 Å². The van der Waals surface area contributed by atoms with Gasteiger partial charge in [0, 0.05) is 0 Å². The fourth-order valence-electron chi connectivity index (χ4n) is 1.19. The van der Waals surface area contributed by atoms with Crippen molar-refractivity contribution in [2.45, 2.75) is 0 Å². The number of rotatable bonds is 2. The molecule has 1 aromatic heterocycles. The Hall–Kier alpha value is -1.88. The summed E-state index contributed by atoms with van der Waals surface area (Å²) in [5.74, 6) is 0.140. The quantitative estimate of drug-likeness (QED) is 0.776. The molecule has 0 saturated heterocycles. The van der Waals surface area contributed by atoms with Crippen LogP contribution in [0.2, 0.25) is 0 Å². The summed E-state index contributed by atoms with van der Waals surface area (Å²) in [5, 5.41) is 6.63. The van der Waals surface area contributed by atoms with Gasteiger partial charge >= 0.3 is 0 Å². The lowest BCUT2D eigenvalue weighted by Crippen LogP contribution is -2.03. The topological polar surface area (TPSA) is 73.8 Å². The smallest absolute Gasteiger partial charge is 0.276 e. The predicted molar refractivity (Wildman–Crippen MR) is 56.0 cm³/mol. The summed E-state index contributed by atoms with van der Waals surface area (Å²) < 4.78 is 1.36. The molecule has 0 radical (unpaired) electrons. The molecule has 1 heterocycles. The van der Waals surface area contributed by atoms with E-state index >= 15 is 0 Å². The molecule has 0 amide bonds. The summed E-state index contributed by atoms with van der Waals surface area (Å²) in [6, 6.07) is 9.13. The van der Waals surface area contributed by atoms with E-state index in [-0.39, 0.29) is 11.5 Å². The second-order valence-electron chi connectivity index (χ2n) is 2.84. The van der Waals surface area contributed by atoms with Gasteiger partial charge in [0.05, 0.1) is 5.69 Å². The van der Waals surface area contributed by atoms with Crippen LogP contribution in [0.25, 0.3) is 5.69 Å². The van der Waals surface area contributed by atoms with Gasteiger partial charge in [-0.05, 0) is 23.7 Å². The van der Waals surface area contributed by atoms with Crippen LogP contribution < -0.4 is 5.73 Å². The second kappa shape index (κ2) is 3.70. The van der Waals surface area contributed by atoms with Crippen LogP contribution in [0.5, 0.6) is 0 Å². The van der Waals surface area contributed by atoms with Crippen LogP contribution in [-0.4, -0.2) is 20.2 Å². The molecule has 0 bridgehead atoms. The fourth-order valence-corrected chi connectivity index (χ4v) is 1.32. The molecule has 2 aromatic rings. The average Bonchev–Trinajstić information content (AvgIpc) is 2.61. The molecule has 76 valence electrons. The molecular formula is C9H7ClN4O. The Labute approximate surface area is 90.5 Å². The molecule has 0 saturated carbocycles. The monoisotopic (exact) mass is 222 g/mol. The van der Waals surface area contributed by atoms with Gasteiger partial charge in [-0.25, -0.2) is 0 Å². The summed E-state index contributed by atoms with van der Waals surface area (Å²) in [4.78, 5) is 10.9. The molecule has 5 nitrogen and oxygen atoms in total. The highest BCUT2D eigenvalue weighted by atomic mass is 35.5. The van der Waals surface area contributed by atoms with E-state index < -0.39 is 5.24 Å². The van der Waals surface area contributed by atoms with Gasteiger partial charge < -0.3 is 5.73 Å². The Morgan fingerprint density at radius 1 is 1.33 bits per heavy atom. The molecule has 0 fully saturated rings. The summed E-state index contributed by atoms with van der Waals surface area (Å²) >= 11 is 5.27. The zero-order valence-corrected chi connectivity index (χ0v) is 8.35. The first-order valence-corrected chi connectivity index (χ1v) is 4.54. The molecule has 0 aliphatic heterocycles. The SMILES string of the molecule is Nc1c(C(=O)Cl)nnn1-c1ccccc1. The average molecular weight is 223 g/mol. The van der Waals surface area contributed by atoms with Crippen molar-refractivity contribution in [3.05, 3.63) is 36.0 Å². The number of nitrogens with two attached hydrogens (primary N) is 1. The first-order valence-electron chi connectivity index (χ1n) is 4.16. The molecule has 0 atom stereocenters. The summed E-state index contributed by atoms with van der Waals surface area (Å²) in [5.41, 5.74) is 6.37. The molecule has 2 N–H and O–H groups in total. The number of halogens is 1. The van der Waals surface area contributed by atoms with Crippen molar-refractivity contribution in [1.82, 2.24) is 15.0 Å². The Bertz CT molecular complexity index is 494. The van der Waals surface area contributed by atoms with Crippen LogP contribution in [0.4, 0.5) is 5.82 Å². The Morgan fingerprint density at radius 2 is 2.00 bits per heavy atom. The number of carbonyl (C=O) groups excluding carboxylic acids is 1. The lowest BCUT2D eigenvalue weighted by atomic mass is 10.3. The minimum atomic E-state index is -0.713. The third-order valence-electron chi connectivity index (χ3n) is 1.89. The van der Waals surface area contributed by atoms with Gasteiger partial charge in [-0.15, -0.1) is 5.10 Å². The predicted octanol–water partition coefficient (Wildman–Crippen LogP) is 1.23. The van der Waals surface area contributed by atoms with Gasteiger partial charge in [0.15, 0.2) is 11.5 Å². The maximum atomic E-state index is 10.9. The summed E-state index contributed by atoms with van der Waals surface area (Å²) in [6.45, 7) is 0. The first-order chi connectivity index (χ1) is 7.20.